The van der Waals surface area contributed by atoms with Crippen LogP contribution in [0.15, 0.2) is 18.2 Å². The number of hydrogen-bond acceptors (Lipinski definition) is 5. The summed E-state index contributed by atoms with van der Waals surface area (Å²) in [7, 11) is 0. The van der Waals surface area contributed by atoms with Crippen LogP contribution in [0.2, 0.25) is 0 Å². The Balaban J connectivity index is 1.61. The van der Waals surface area contributed by atoms with Gasteiger partial charge in [0.2, 0.25) is 5.91 Å². The Labute approximate surface area is 160 Å². The monoisotopic (exact) mass is 378 g/mol. The van der Waals surface area contributed by atoms with Gasteiger partial charge in [-0.05, 0) is 62.6 Å². The molecule has 1 atom stereocenters. The maximum Gasteiger partial charge on any atom is 0.223 e. The van der Waals surface area contributed by atoms with E-state index in [1.807, 2.05) is 6.92 Å². The van der Waals surface area contributed by atoms with E-state index in [2.05, 4.69) is 10.9 Å². The predicted octanol–water partition coefficient (Wildman–Crippen LogP) is 3.23. The van der Waals surface area contributed by atoms with Gasteiger partial charge in [0.15, 0.2) is 11.6 Å². The molecule has 0 saturated heterocycles. The van der Waals surface area contributed by atoms with Crippen LogP contribution in [0.5, 0.6) is 5.75 Å². The number of nitrogens with two attached hydrogens (primary N) is 1. The third-order valence-electron chi connectivity index (χ3n) is 4.61. The highest BCUT2D eigenvalue weighted by atomic mass is 19.1. The van der Waals surface area contributed by atoms with Gasteiger partial charge in [0.05, 0.1) is 13.0 Å². The van der Waals surface area contributed by atoms with Crippen LogP contribution in [-0.4, -0.2) is 24.8 Å². The van der Waals surface area contributed by atoms with Crippen molar-refractivity contribution in [3.05, 3.63) is 29.6 Å². The van der Waals surface area contributed by atoms with Gasteiger partial charge in [-0.15, -0.1) is 0 Å². The molecule has 0 aromatic heterocycles. The van der Waals surface area contributed by atoms with Gasteiger partial charge in [-0.2, -0.15) is 0 Å². The Morgan fingerprint density at radius 1 is 1.37 bits per heavy atom. The molecular formula is C20H31FN4O2. The van der Waals surface area contributed by atoms with E-state index < -0.39 is 5.91 Å². The average Bonchev–Trinajstić information content (AvgIpc) is 3.43. The van der Waals surface area contributed by atoms with E-state index in [-0.39, 0.29) is 18.3 Å². The first kappa shape index (κ1) is 21.3. The number of hydrogen-bond donors (Lipinski definition) is 4. The lowest BCUT2D eigenvalue weighted by Gasteiger charge is -2.17. The summed E-state index contributed by atoms with van der Waals surface area (Å²) in [4.78, 5) is 10.7. The van der Waals surface area contributed by atoms with Crippen LogP contribution in [0.4, 0.5) is 4.39 Å². The summed E-state index contributed by atoms with van der Waals surface area (Å²) in [5.41, 5.74) is 12.8. The number of unbranched alkanes of at least 4 members (excludes halogenated alkanes) is 2. The van der Waals surface area contributed by atoms with Crippen LogP contribution in [0.3, 0.4) is 0 Å². The van der Waals surface area contributed by atoms with Gasteiger partial charge in [-0.25, -0.2) is 4.39 Å². The van der Waals surface area contributed by atoms with E-state index in [0.29, 0.717) is 30.4 Å². The standard InChI is InChI=1S/C20H31FN4O2/c1-14(25-24-10-4-2-3-5-17(22)12-20(23)26)16-8-9-18(21)19(11-16)27-13-15-6-7-15/h8-9,11,14-15,22,24-25H,2-7,10,12-13H2,1H3,(H2,23,26). The molecule has 0 radical (unpaired) electrons. The molecule has 5 N–H and O–H groups in total. The number of hydrazine groups is 1. The summed E-state index contributed by atoms with van der Waals surface area (Å²) in [5, 5.41) is 7.61. The van der Waals surface area contributed by atoms with Crippen molar-refractivity contribution >= 4 is 11.6 Å². The maximum absolute atomic E-state index is 13.9. The van der Waals surface area contributed by atoms with Gasteiger partial charge in [0, 0.05) is 18.3 Å². The minimum atomic E-state index is -0.443. The van der Waals surface area contributed by atoms with Gasteiger partial charge in [-0.1, -0.05) is 12.5 Å². The fraction of sp³-hybridized carbons (Fsp3) is 0.600. The van der Waals surface area contributed by atoms with Gasteiger partial charge in [0.25, 0.3) is 0 Å². The van der Waals surface area contributed by atoms with E-state index in [4.69, 9.17) is 15.9 Å². The zero-order valence-corrected chi connectivity index (χ0v) is 16.0. The Morgan fingerprint density at radius 2 is 2.15 bits per heavy atom. The first-order chi connectivity index (χ1) is 13.0. The largest absolute Gasteiger partial charge is 0.490 e. The predicted molar refractivity (Wildman–Crippen MR) is 104 cm³/mol. The lowest BCUT2D eigenvalue weighted by atomic mass is 10.1. The topological polar surface area (TPSA) is 100 Å². The number of ether oxygens (including phenoxy) is 1. The second kappa shape index (κ2) is 11.0. The smallest absolute Gasteiger partial charge is 0.223 e. The van der Waals surface area contributed by atoms with Crippen molar-refractivity contribution in [2.24, 2.45) is 11.7 Å². The van der Waals surface area contributed by atoms with Crippen molar-refractivity contribution in [2.75, 3.05) is 13.2 Å². The number of carbonyl (C=O) groups is 1. The van der Waals surface area contributed by atoms with Crippen molar-refractivity contribution < 1.29 is 13.9 Å². The molecule has 1 aliphatic carbocycles. The minimum absolute atomic E-state index is 0.0256. The summed E-state index contributed by atoms with van der Waals surface area (Å²) < 4.78 is 19.4. The second-order valence-electron chi connectivity index (χ2n) is 7.29. The van der Waals surface area contributed by atoms with Crippen LogP contribution in [0, 0.1) is 17.1 Å². The lowest BCUT2D eigenvalue weighted by molar-refractivity contribution is -0.116. The molecule has 1 aromatic rings. The molecule has 150 valence electrons. The molecule has 1 unspecified atom stereocenters. The number of nitrogens with one attached hydrogen (secondary N) is 3. The third kappa shape index (κ3) is 8.49. The number of rotatable bonds is 14. The van der Waals surface area contributed by atoms with Crippen LogP contribution >= 0.6 is 0 Å². The highest BCUT2D eigenvalue weighted by Gasteiger charge is 2.22. The molecule has 1 saturated carbocycles. The van der Waals surface area contributed by atoms with Crippen LogP contribution in [-0.2, 0) is 4.79 Å². The minimum Gasteiger partial charge on any atom is -0.490 e. The first-order valence-electron chi connectivity index (χ1n) is 9.71. The molecule has 27 heavy (non-hydrogen) atoms. The molecule has 0 aliphatic heterocycles. The molecule has 0 bridgehead atoms. The zero-order chi connectivity index (χ0) is 19.6. The normalized spacial score (nSPS) is 14.7. The quantitative estimate of drug-likeness (QED) is 0.227. The SMILES string of the molecule is CC(NNCCCCCC(=N)CC(N)=O)c1ccc(F)c(OCC2CC2)c1. The number of benzene rings is 1. The van der Waals surface area contributed by atoms with Crippen molar-refractivity contribution in [3.63, 3.8) is 0 Å². The fourth-order valence-electron chi connectivity index (χ4n) is 2.73. The van der Waals surface area contributed by atoms with Gasteiger partial charge in [0.1, 0.15) is 0 Å². The van der Waals surface area contributed by atoms with Crippen LogP contribution in [0.1, 0.15) is 63.5 Å². The Bertz CT molecular complexity index is 634. The lowest BCUT2D eigenvalue weighted by Crippen LogP contribution is -2.34. The molecule has 1 aromatic carbocycles. The summed E-state index contributed by atoms with van der Waals surface area (Å²) >= 11 is 0. The summed E-state index contributed by atoms with van der Waals surface area (Å²) in [5.74, 6) is 0.152. The molecular weight excluding hydrogens is 347 g/mol. The molecule has 1 amide bonds. The number of primary amides is 1. The Kier molecular flexibility index (Phi) is 8.67. The Morgan fingerprint density at radius 3 is 2.85 bits per heavy atom. The molecule has 6 nitrogen and oxygen atoms in total. The van der Waals surface area contributed by atoms with Crippen molar-refractivity contribution in [3.8, 4) is 5.75 Å². The molecule has 0 spiro atoms. The number of halogens is 1. The Hall–Kier alpha value is -1.99. The van der Waals surface area contributed by atoms with Crippen molar-refractivity contribution in [1.29, 1.82) is 5.41 Å². The highest BCUT2D eigenvalue weighted by Crippen LogP contribution is 2.30. The highest BCUT2D eigenvalue weighted by molar-refractivity contribution is 5.98. The molecule has 0 heterocycles. The van der Waals surface area contributed by atoms with Crippen LogP contribution in [0.25, 0.3) is 0 Å². The van der Waals surface area contributed by atoms with Gasteiger partial charge < -0.3 is 15.9 Å². The van der Waals surface area contributed by atoms with Crippen molar-refractivity contribution in [2.45, 2.75) is 57.9 Å². The average molecular weight is 378 g/mol. The molecule has 2 rings (SSSR count). The third-order valence-corrected chi connectivity index (χ3v) is 4.61. The summed E-state index contributed by atoms with van der Waals surface area (Å²) in [6.07, 6.45) is 5.84. The molecule has 1 aliphatic rings. The molecule has 7 heteroatoms. The number of amides is 1. The van der Waals surface area contributed by atoms with E-state index in [1.54, 1.807) is 12.1 Å². The summed E-state index contributed by atoms with van der Waals surface area (Å²) in [6.45, 7) is 3.40. The fourth-order valence-corrected chi connectivity index (χ4v) is 2.73. The van der Waals surface area contributed by atoms with Gasteiger partial charge >= 0.3 is 0 Å². The number of carbonyl (C=O) groups excluding carboxylic acids is 1. The van der Waals surface area contributed by atoms with Gasteiger partial charge in [-0.3, -0.25) is 15.6 Å². The van der Waals surface area contributed by atoms with E-state index in [9.17, 15) is 9.18 Å². The van der Waals surface area contributed by atoms with E-state index >= 15 is 0 Å². The van der Waals surface area contributed by atoms with E-state index in [0.717, 1.165) is 31.4 Å². The maximum atomic E-state index is 13.9. The van der Waals surface area contributed by atoms with Crippen LogP contribution < -0.4 is 21.3 Å². The summed E-state index contributed by atoms with van der Waals surface area (Å²) in [6, 6.07) is 5.01. The zero-order valence-electron chi connectivity index (χ0n) is 16.0. The molecule has 1 fully saturated rings. The van der Waals surface area contributed by atoms with E-state index in [1.165, 1.54) is 18.9 Å². The first-order valence-corrected chi connectivity index (χ1v) is 9.71. The van der Waals surface area contributed by atoms with Crippen molar-refractivity contribution in [1.82, 2.24) is 10.9 Å². The second-order valence-corrected chi connectivity index (χ2v) is 7.29.